The average Bonchev–Trinajstić information content (AvgIpc) is 2.59. The van der Waals surface area contributed by atoms with Crippen molar-refractivity contribution >= 4 is 44.0 Å². The van der Waals surface area contributed by atoms with E-state index in [0.717, 1.165) is 20.1 Å². The van der Waals surface area contributed by atoms with Gasteiger partial charge in [-0.25, -0.2) is 5.43 Å². The van der Waals surface area contributed by atoms with Gasteiger partial charge in [0.1, 0.15) is 0 Å². The second-order valence-electron chi connectivity index (χ2n) is 5.06. The Morgan fingerprint density at radius 3 is 2.60 bits per heavy atom. The standard InChI is InChI=1S/C18H18Br2N2O3/c1-3-25-18-15(20)8-13(9-16(18)24-2)11-21-22-17(23)10-12-4-6-14(19)7-5-12/h4-9,11H,3,10H2,1-2H3,(H,22,23)/b21-11+. The lowest BCUT2D eigenvalue weighted by atomic mass is 10.1. The molecule has 2 aromatic carbocycles. The topological polar surface area (TPSA) is 59.9 Å². The smallest absolute Gasteiger partial charge is 0.244 e. The van der Waals surface area contributed by atoms with E-state index in [2.05, 4.69) is 42.4 Å². The van der Waals surface area contributed by atoms with Crippen LogP contribution >= 0.6 is 31.9 Å². The molecule has 2 rings (SSSR count). The Hall–Kier alpha value is -1.86. The van der Waals surface area contributed by atoms with Crippen LogP contribution in [0.2, 0.25) is 0 Å². The highest BCUT2D eigenvalue weighted by atomic mass is 79.9. The molecule has 0 aromatic heterocycles. The molecule has 0 saturated carbocycles. The van der Waals surface area contributed by atoms with Gasteiger partial charge in [0.25, 0.3) is 0 Å². The van der Waals surface area contributed by atoms with Crippen LogP contribution < -0.4 is 14.9 Å². The molecule has 25 heavy (non-hydrogen) atoms. The molecule has 0 aliphatic heterocycles. The zero-order valence-corrected chi connectivity index (χ0v) is 17.1. The number of carbonyl (C=O) groups is 1. The van der Waals surface area contributed by atoms with Crippen molar-refractivity contribution in [2.45, 2.75) is 13.3 Å². The number of ether oxygens (including phenoxy) is 2. The van der Waals surface area contributed by atoms with Gasteiger partial charge in [-0.2, -0.15) is 5.10 Å². The monoisotopic (exact) mass is 468 g/mol. The Labute approximate surface area is 163 Å². The first kappa shape index (κ1) is 19.5. The number of carbonyl (C=O) groups excluding carboxylic acids is 1. The Balaban J connectivity index is 2.00. The molecule has 0 aliphatic rings. The van der Waals surface area contributed by atoms with Crippen LogP contribution in [0.4, 0.5) is 0 Å². The van der Waals surface area contributed by atoms with Crippen LogP contribution in [0, 0.1) is 0 Å². The predicted octanol–water partition coefficient (Wildman–Crippen LogP) is 4.31. The van der Waals surface area contributed by atoms with Crippen molar-refractivity contribution in [2.75, 3.05) is 13.7 Å². The molecule has 0 saturated heterocycles. The number of benzene rings is 2. The Kier molecular flexibility index (Phi) is 7.46. The number of hydrogen-bond donors (Lipinski definition) is 1. The zero-order valence-electron chi connectivity index (χ0n) is 13.9. The van der Waals surface area contributed by atoms with Gasteiger partial charge in [-0.3, -0.25) is 4.79 Å². The average molecular weight is 470 g/mol. The summed E-state index contributed by atoms with van der Waals surface area (Å²) in [5.41, 5.74) is 4.21. The van der Waals surface area contributed by atoms with Crippen LogP contribution in [-0.4, -0.2) is 25.8 Å². The molecular formula is C18H18Br2N2O3. The molecule has 132 valence electrons. The van der Waals surface area contributed by atoms with Crippen LogP contribution in [0.15, 0.2) is 50.4 Å². The third kappa shape index (κ3) is 5.86. The summed E-state index contributed by atoms with van der Waals surface area (Å²) in [6.45, 7) is 2.44. The van der Waals surface area contributed by atoms with Crippen LogP contribution in [0.1, 0.15) is 18.1 Å². The Bertz CT molecular complexity index is 762. The van der Waals surface area contributed by atoms with Crippen LogP contribution in [-0.2, 0) is 11.2 Å². The SMILES string of the molecule is CCOc1c(Br)cc(/C=N/NC(=O)Cc2ccc(Br)cc2)cc1OC. The molecule has 0 spiro atoms. The van der Waals surface area contributed by atoms with Crippen molar-refractivity contribution in [3.63, 3.8) is 0 Å². The van der Waals surface area contributed by atoms with E-state index >= 15 is 0 Å². The van der Waals surface area contributed by atoms with E-state index in [0.29, 0.717) is 18.1 Å². The van der Waals surface area contributed by atoms with Crippen LogP contribution in [0.3, 0.4) is 0 Å². The number of nitrogens with zero attached hydrogens (tertiary/aromatic N) is 1. The summed E-state index contributed by atoms with van der Waals surface area (Å²) in [6, 6.07) is 11.2. The van der Waals surface area contributed by atoms with Crippen LogP contribution in [0.25, 0.3) is 0 Å². The summed E-state index contributed by atoms with van der Waals surface area (Å²) in [5.74, 6) is 1.05. The molecule has 7 heteroatoms. The van der Waals surface area contributed by atoms with Crippen molar-refractivity contribution in [2.24, 2.45) is 5.10 Å². The number of hydrogen-bond acceptors (Lipinski definition) is 4. The molecule has 5 nitrogen and oxygen atoms in total. The summed E-state index contributed by atoms with van der Waals surface area (Å²) in [6.07, 6.45) is 1.82. The van der Waals surface area contributed by atoms with Gasteiger partial charge >= 0.3 is 0 Å². The van der Waals surface area contributed by atoms with Gasteiger partial charge in [-0.05, 0) is 58.2 Å². The van der Waals surface area contributed by atoms with Crippen molar-refractivity contribution in [1.29, 1.82) is 0 Å². The highest BCUT2D eigenvalue weighted by Gasteiger charge is 2.10. The Morgan fingerprint density at radius 1 is 1.24 bits per heavy atom. The van der Waals surface area contributed by atoms with E-state index in [1.165, 1.54) is 0 Å². The largest absolute Gasteiger partial charge is 0.493 e. The van der Waals surface area contributed by atoms with Gasteiger partial charge in [0.15, 0.2) is 11.5 Å². The van der Waals surface area contributed by atoms with E-state index in [4.69, 9.17) is 9.47 Å². The number of amides is 1. The van der Waals surface area contributed by atoms with Crippen LogP contribution in [0.5, 0.6) is 11.5 Å². The Morgan fingerprint density at radius 2 is 1.96 bits per heavy atom. The summed E-state index contributed by atoms with van der Waals surface area (Å²) in [5, 5.41) is 4.00. The van der Waals surface area contributed by atoms with E-state index in [-0.39, 0.29) is 12.3 Å². The van der Waals surface area contributed by atoms with Gasteiger partial charge < -0.3 is 9.47 Å². The predicted molar refractivity (Wildman–Crippen MR) is 105 cm³/mol. The highest BCUT2D eigenvalue weighted by molar-refractivity contribution is 9.10. The number of methoxy groups -OCH3 is 1. The van der Waals surface area contributed by atoms with Gasteiger partial charge in [0.2, 0.25) is 5.91 Å². The normalized spacial score (nSPS) is 10.7. The minimum atomic E-state index is -0.185. The summed E-state index contributed by atoms with van der Waals surface area (Å²) >= 11 is 6.82. The fraction of sp³-hybridized carbons (Fsp3) is 0.222. The lowest BCUT2D eigenvalue weighted by molar-refractivity contribution is -0.120. The fourth-order valence-corrected chi connectivity index (χ4v) is 2.94. The second-order valence-corrected chi connectivity index (χ2v) is 6.83. The van der Waals surface area contributed by atoms with Crippen molar-refractivity contribution < 1.29 is 14.3 Å². The van der Waals surface area contributed by atoms with Crippen molar-refractivity contribution in [1.82, 2.24) is 5.43 Å². The van der Waals surface area contributed by atoms with E-state index < -0.39 is 0 Å². The molecule has 0 heterocycles. The lowest BCUT2D eigenvalue weighted by Gasteiger charge is -2.11. The summed E-state index contributed by atoms with van der Waals surface area (Å²) in [4.78, 5) is 11.9. The molecule has 0 unspecified atom stereocenters. The summed E-state index contributed by atoms with van der Waals surface area (Å²) < 4.78 is 12.6. The first-order chi connectivity index (χ1) is 12.0. The minimum absolute atomic E-state index is 0.185. The van der Waals surface area contributed by atoms with Gasteiger partial charge in [-0.1, -0.05) is 28.1 Å². The molecule has 0 atom stereocenters. The minimum Gasteiger partial charge on any atom is -0.493 e. The second kappa shape index (κ2) is 9.58. The van der Waals surface area contributed by atoms with E-state index in [9.17, 15) is 4.79 Å². The molecule has 0 bridgehead atoms. The van der Waals surface area contributed by atoms with E-state index in [1.807, 2.05) is 37.3 Å². The molecule has 0 fully saturated rings. The maximum Gasteiger partial charge on any atom is 0.244 e. The molecule has 0 radical (unpaired) electrons. The van der Waals surface area contributed by atoms with E-state index in [1.54, 1.807) is 19.4 Å². The first-order valence-electron chi connectivity index (χ1n) is 7.60. The molecule has 1 amide bonds. The quantitative estimate of drug-likeness (QED) is 0.485. The molecular weight excluding hydrogens is 452 g/mol. The molecule has 1 N–H and O–H groups in total. The maximum atomic E-state index is 11.9. The van der Waals surface area contributed by atoms with Gasteiger partial charge in [0.05, 0.1) is 30.8 Å². The number of rotatable bonds is 7. The zero-order chi connectivity index (χ0) is 18.2. The van der Waals surface area contributed by atoms with Crippen molar-refractivity contribution in [3.8, 4) is 11.5 Å². The third-order valence-electron chi connectivity index (χ3n) is 3.22. The summed E-state index contributed by atoms with van der Waals surface area (Å²) in [7, 11) is 1.57. The lowest BCUT2D eigenvalue weighted by Crippen LogP contribution is -2.19. The molecule has 2 aromatic rings. The van der Waals surface area contributed by atoms with Gasteiger partial charge in [-0.15, -0.1) is 0 Å². The third-order valence-corrected chi connectivity index (χ3v) is 4.34. The number of nitrogens with one attached hydrogen (secondary N) is 1. The maximum absolute atomic E-state index is 11.9. The molecule has 0 aliphatic carbocycles. The number of halogens is 2. The van der Waals surface area contributed by atoms with Crippen molar-refractivity contribution in [3.05, 3.63) is 56.5 Å². The highest BCUT2D eigenvalue weighted by Crippen LogP contribution is 2.36. The fourth-order valence-electron chi connectivity index (χ4n) is 2.10. The number of hydrazone groups is 1. The first-order valence-corrected chi connectivity index (χ1v) is 9.18. The van der Waals surface area contributed by atoms with Gasteiger partial charge in [0, 0.05) is 4.47 Å².